The maximum atomic E-state index is 6.32. The summed E-state index contributed by atoms with van der Waals surface area (Å²) in [7, 11) is 1.97. The fourth-order valence-electron chi connectivity index (χ4n) is 2.58. The summed E-state index contributed by atoms with van der Waals surface area (Å²) in [6.45, 7) is 6.13. The molecule has 0 saturated heterocycles. The van der Waals surface area contributed by atoms with Gasteiger partial charge in [0.1, 0.15) is 11.5 Å². The Kier molecular flexibility index (Phi) is 4.95. The summed E-state index contributed by atoms with van der Waals surface area (Å²) in [5.41, 5.74) is 3.59. The topological polar surface area (TPSA) is 25.2 Å². The molecule has 1 unspecified atom stereocenters. The average molecular weight is 357 g/mol. The third kappa shape index (κ3) is 3.11. The van der Waals surface area contributed by atoms with Gasteiger partial charge in [-0.05, 0) is 57.5 Å². The zero-order chi connectivity index (χ0) is 14.9. The molecule has 0 aliphatic carbocycles. The van der Waals surface area contributed by atoms with E-state index < -0.39 is 0 Å². The summed E-state index contributed by atoms with van der Waals surface area (Å²) < 4.78 is 6.73. The number of likely N-dealkylation sites (N-methyl/N-ethyl adjacent to an activating group) is 1. The van der Waals surface area contributed by atoms with Gasteiger partial charge >= 0.3 is 0 Å². The van der Waals surface area contributed by atoms with Gasteiger partial charge in [-0.25, -0.2) is 0 Å². The molecule has 0 spiro atoms. The lowest BCUT2D eigenvalue weighted by atomic mass is 9.96. The van der Waals surface area contributed by atoms with Crippen LogP contribution < -0.4 is 5.32 Å². The van der Waals surface area contributed by atoms with Gasteiger partial charge in [0.25, 0.3) is 0 Å². The second-order valence-electron chi connectivity index (χ2n) is 5.03. The van der Waals surface area contributed by atoms with Gasteiger partial charge in [-0.15, -0.1) is 0 Å². The van der Waals surface area contributed by atoms with Crippen molar-refractivity contribution in [1.82, 2.24) is 5.32 Å². The largest absolute Gasteiger partial charge is 0.466 e. The number of nitrogens with one attached hydrogen (secondary N) is 1. The van der Waals surface area contributed by atoms with Crippen molar-refractivity contribution in [3.63, 3.8) is 0 Å². The SMILES string of the molecule is CNC(Cc1ccc(Br)cc1Cl)c1c(C)oc(C)c1C. The molecule has 1 atom stereocenters. The van der Waals surface area contributed by atoms with E-state index >= 15 is 0 Å². The van der Waals surface area contributed by atoms with Crippen LogP contribution in [0.4, 0.5) is 0 Å². The maximum absolute atomic E-state index is 6.32. The summed E-state index contributed by atoms with van der Waals surface area (Å²) in [5.74, 6) is 1.97. The smallest absolute Gasteiger partial charge is 0.106 e. The Bertz CT molecular complexity index is 621. The molecule has 20 heavy (non-hydrogen) atoms. The van der Waals surface area contributed by atoms with Crippen LogP contribution in [-0.4, -0.2) is 7.05 Å². The first-order chi connectivity index (χ1) is 9.43. The molecule has 0 aliphatic heterocycles. The highest BCUT2D eigenvalue weighted by Crippen LogP contribution is 2.31. The quantitative estimate of drug-likeness (QED) is 0.822. The Labute approximate surface area is 133 Å². The van der Waals surface area contributed by atoms with Crippen molar-refractivity contribution in [3.8, 4) is 0 Å². The van der Waals surface area contributed by atoms with Gasteiger partial charge in [0.05, 0.1) is 0 Å². The molecule has 0 amide bonds. The Morgan fingerprint density at radius 1 is 1.25 bits per heavy atom. The van der Waals surface area contributed by atoms with Gasteiger partial charge in [-0.3, -0.25) is 0 Å². The van der Waals surface area contributed by atoms with E-state index in [1.165, 1.54) is 11.1 Å². The minimum atomic E-state index is 0.200. The summed E-state index contributed by atoms with van der Waals surface area (Å²) in [4.78, 5) is 0. The number of hydrogen-bond donors (Lipinski definition) is 1. The molecule has 2 rings (SSSR count). The van der Waals surface area contributed by atoms with E-state index in [9.17, 15) is 0 Å². The molecule has 1 aromatic heterocycles. The van der Waals surface area contributed by atoms with Gasteiger partial charge in [0.15, 0.2) is 0 Å². The first-order valence-corrected chi connectivity index (χ1v) is 7.78. The molecule has 0 aliphatic rings. The third-order valence-electron chi connectivity index (χ3n) is 3.75. The molecule has 108 valence electrons. The molecule has 4 heteroatoms. The third-order valence-corrected chi connectivity index (χ3v) is 4.60. The predicted molar refractivity (Wildman–Crippen MR) is 87.6 cm³/mol. The summed E-state index contributed by atoms with van der Waals surface area (Å²) >= 11 is 9.76. The summed E-state index contributed by atoms with van der Waals surface area (Å²) in [6.07, 6.45) is 0.837. The van der Waals surface area contributed by atoms with Crippen LogP contribution in [0.5, 0.6) is 0 Å². The van der Waals surface area contributed by atoms with Crippen LogP contribution in [0.1, 0.15) is 34.3 Å². The minimum Gasteiger partial charge on any atom is -0.466 e. The lowest BCUT2D eigenvalue weighted by Crippen LogP contribution is -2.20. The number of hydrogen-bond acceptors (Lipinski definition) is 2. The molecule has 0 bridgehead atoms. The van der Waals surface area contributed by atoms with Crippen molar-refractivity contribution in [2.45, 2.75) is 33.2 Å². The molecule has 2 aromatic rings. The van der Waals surface area contributed by atoms with Crippen molar-refractivity contribution in [2.75, 3.05) is 7.05 Å². The first-order valence-electron chi connectivity index (χ1n) is 6.61. The van der Waals surface area contributed by atoms with E-state index in [4.69, 9.17) is 16.0 Å². The monoisotopic (exact) mass is 355 g/mol. The van der Waals surface area contributed by atoms with Gasteiger partial charge < -0.3 is 9.73 Å². The molecule has 1 aromatic carbocycles. The number of benzene rings is 1. The average Bonchev–Trinajstić information content (AvgIpc) is 2.63. The van der Waals surface area contributed by atoms with Crippen LogP contribution in [0.25, 0.3) is 0 Å². The zero-order valence-electron chi connectivity index (χ0n) is 12.2. The number of furan rings is 1. The van der Waals surface area contributed by atoms with E-state index in [-0.39, 0.29) is 6.04 Å². The molecule has 2 nitrogen and oxygen atoms in total. The highest BCUT2D eigenvalue weighted by molar-refractivity contribution is 9.10. The van der Waals surface area contributed by atoms with E-state index in [2.05, 4.69) is 34.2 Å². The Hall–Kier alpha value is -0.770. The van der Waals surface area contributed by atoms with Crippen molar-refractivity contribution in [3.05, 3.63) is 55.9 Å². The van der Waals surface area contributed by atoms with Crippen LogP contribution in [-0.2, 0) is 6.42 Å². The number of aryl methyl sites for hydroxylation is 2. The van der Waals surface area contributed by atoms with Crippen molar-refractivity contribution < 1.29 is 4.42 Å². The van der Waals surface area contributed by atoms with Gasteiger partial charge in [-0.1, -0.05) is 33.6 Å². The van der Waals surface area contributed by atoms with Crippen molar-refractivity contribution >= 4 is 27.5 Å². The maximum Gasteiger partial charge on any atom is 0.106 e. The van der Waals surface area contributed by atoms with Crippen LogP contribution in [0, 0.1) is 20.8 Å². The second kappa shape index (κ2) is 6.33. The summed E-state index contributed by atoms with van der Waals surface area (Å²) in [6, 6.07) is 6.22. The molecule has 0 fully saturated rings. The van der Waals surface area contributed by atoms with Crippen LogP contribution in [0.15, 0.2) is 27.1 Å². The number of halogens is 2. The van der Waals surface area contributed by atoms with E-state index in [1.54, 1.807) is 0 Å². The molecule has 1 N–H and O–H groups in total. The highest BCUT2D eigenvalue weighted by Gasteiger charge is 2.20. The van der Waals surface area contributed by atoms with Gasteiger partial charge in [0.2, 0.25) is 0 Å². The molecule has 0 radical (unpaired) electrons. The van der Waals surface area contributed by atoms with Gasteiger partial charge in [0, 0.05) is 21.1 Å². The van der Waals surface area contributed by atoms with Crippen LogP contribution in [0.3, 0.4) is 0 Å². The standard InChI is InChI=1S/C16H19BrClNO/c1-9-10(2)20-11(3)16(9)15(19-4)7-12-5-6-13(17)8-14(12)18/h5-6,8,15,19H,7H2,1-4H3. The second-order valence-corrected chi connectivity index (χ2v) is 6.36. The molecular weight excluding hydrogens is 338 g/mol. The lowest BCUT2D eigenvalue weighted by Gasteiger charge is -2.18. The molecule has 0 saturated carbocycles. The Morgan fingerprint density at radius 3 is 2.45 bits per heavy atom. The van der Waals surface area contributed by atoms with E-state index in [0.29, 0.717) is 0 Å². The van der Waals surface area contributed by atoms with E-state index in [1.807, 2.05) is 33.0 Å². The first kappa shape index (κ1) is 15.6. The van der Waals surface area contributed by atoms with Crippen LogP contribution >= 0.6 is 27.5 Å². The predicted octanol–water partition coefficient (Wildman–Crippen LogP) is 5.12. The van der Waals surface area contributed by atoms with E-state index in [0.717, 1.165) is 33.0 Å². The molecule has 1 heterocycles. The fourth-order valence-corrected chi connectivity index (χ4v) is 3.33. The zero-order valence-corrected chi connectivity index (χ0v) is 14.5. The number of rotatable bonds is 4. The Balaban J connectivity index is 2.33. The fraction of sp³-hybridized carbons (Fsp3) is 0.375. The van der Waals surface area contributed by atoms with Crippen molar-refractivity contribution in [1.29, 1.82) is 0 Å². The summed E-state index contributed by atoms with van der Waals surface area (Å²) in [5, 5.41) is 4.16. The van der Waals surface area contributed by atoms with Crippen molar-refractivity contribution in [2.24, 2.45) is 0 Å². The Morgan fingerprint density at radius 2 is 1.95 bits per heavy atom. The van der Waals surface area contributed by atoms with Crippen LogP contribution in [0.2, 0.25) is 5.02 Å². The highest BCUT2D eigenvalue weighted by atomic mass is 79.9. The normalized spacial score (nSPS) is 12.7. The van der Waals surface area contributed by atoms with Gasteiger partial charge in [-0.2, -0.15) is 0 Å². The lowest BCUT2D eigenvalue weighted by molar-refractivity contribution is 0.489. The molecular formula is C16H19BrClNO. The minimum absolute atomic E-state index is 0.200.